The zero-order valence-electron chi connectivity index (χ0n) is 11.1. The maximum atomic E-state index is 13.3. The van der Waals surface area contributed by atoms with Crippen LogP contribution in [0.2, 0.25) is 0 Å². The molecule has 2 rings (SSSR count). The van der Waals surface area contributed by atoms with Crippen molar-refractivity contribution in [1.82, 2.24) is 14.9 Å². The molecule has 2 aromatic rings. The van der Waals surface area contributed by atoms with E-state index in [1.54, 1.807) is 36.0 Å². The standard InChI is InChI=1S/C13H13FN4O2S/c1-8(11(19)17-12(15)20)21-13-16-5-6-18(13)10-4-2-3-9(14)7-10/h2-8H,1H3,(H3,15,17,19,20)/t8-/m0/s1. The number of halogens is 1. The number of aromatic nitrogens is 2. The number of rotatable bonds is 4. The monoisotopic (exact) mass is 308 g/mol. The van der Waals surface area contributed by atoms with Crippen LogP contribution in [0.1, 0.15) is 6.92 Å². The van der Waals surface area contributed by atoms with Crippen LogP contribution in [-0.2, 0) is 4.79 Å². The highest BCUT2D eigenvalue weighted by Crippen LogP contribution is 2.24. The van der Waals surface area contributed by atoms with Crippen LogP contribution in [-0.4, -0.2) is 26.7 Å². The van der Waals surface area contributed by atoms with Gasteiger partial charge in [-0.15, -0.1) is 0 Å². The van der Waals surface area contributed by atoms with Gasteiger partial charge in [-0.3, -0.25) is 14.7 Å². The molecular formula is C13H13FN4O2S. The molecule has 0 spiro atoms. The summed E-state index contributed by atoms with van der Waals surface area (Å²) in [6.45, 7) is 1.62. The number of hydrogen-bond acceptors (Lipinski definition) is 4. The first-order valence-corrected chi connectivity index (χ1v) is 6.91. The summed E-state index contributed by atoms with van der Waals surface area (Å²) in [5, 5.41) is 1.94. The molecule has 0 aliphatic rings. The lowest BCUT2D eigenvalue weighted by Crippen LogP contribution is -2.39. The number of nitrogens with one attached hydrogen (secondary N) is 1. The van der Waals surface area contributed by atoms with Crippen molar-refractivity contribution in [1.29, 1.82) is 0 Å². The summed E-state index contributed by atoms with van der Waals surface area (Å²) < 4.78 is 14.9. The second-order valence-electron chi connectivity index (χ2n) is 4.17. The zero-order valence-corrected chi connectivity index (χ0v) is 11.9. The number of imidazole rings is 1. The fraction of sp³-hybridized carbons (Fsp3) is 0.154. The molecule has 3 N–H and O–H groups in total. The highest BCUT2D eigenvalue weighted by molar-refractivity contribution is 8.00. The van der Waals surface area contributed by atoms with E-state index < -0.39 is 17.2 Å². The third kappa shape index (κ3) is 3.82. The van der Waals surface area contributed by atoms with Gasteiger partial charge < -0.3 is 5.73 Å². The molecule has 0 aliphatic carbocycles. The molecule has 3 amide bonds. The van der Waals surface area contributed by atoms with Gasteiger partial charge in [0.05, 0.1) is 10.9 Å². The van der Waals surface area contributed by atoms with Crippen molar-refractivity contribution in [2.45, 2.75) is 17.3 Å². The number of benzene rings is 1. The molecule has 0 aliphatic heterocycles. The van der Waals surface area contributed by atoms with Crippen molar-refractivity contribution >= 4 is 23.7 Å². The minimum absolute atomic E-state index is 0.364. The van der Waals surface area contributed by atoms with Crippen LogP contribution >= 0.6 is 11.8 Å². The van der Waals surface area contributed by atoms with Crippen LogP contribution < -0.4 is 11.1 Å². The Balaban J connectivity index is 2.17. The van der Waals surface area contributed by atoms with Crippen LogP contribution in [0.3, 0.4) is 0 Å². The largest absolute Gasteiger partial charge is 0.351 e. The Labute approximate surface area is 124 Å². The van der Waals surface area contributed by atoms with Crippen molar-refractivity contribution < 1.29 is 14.0 Å². The fourth-order valence-electron chi connectivity index (χ4n) is 1.63. The van der Waals surface area contributed by atoms with E-state index in [4.69, 9.17) is 5.73 Å². The topological polar surface area (TPSA) is 90.0 Å². The van der Waals surface area contributed by atoms with E-state index in [1.807, 2.05) is 5.32 Å². The fourth-order valence-corrected chi connectivity index (χ4v) is 2.52. The van der Waals surface area contributed by atoms with Crippen LogP contribution in [0.15, 0.2) is 41.8 Å². The van der Waals surface area contributed by atoms with Crippen molar-refractivity contribution in [2.75, 3.05) is 0 Å². The zero-order chi connectivity index (χ0) is 15.4. The number of carbonyl (C=O) groups is 2. The Kier molecular flexibility index (Phi) is 4.59. The molecule has 0 bridgehead atoms. The van der Waals surface area contributed by atoms with Gasteiger partial charge in [0.25, 0.3) is 0 Å². The maximum absolute atomic E-state index is 13.3. The molecule has 1 heterocycles. The Morgan fingerprint density at radius 1 is 1.48 bits per heavy atom. The normalized spacial score (nSPS) is 11.9. The van der Waals surface area contributed by atoms with Crippen LogP contribution in [0.5, 0.6) is 0 Å². The van der Waals surface area contributed by atoms with Gasteiger partial charge in [0, 0.05) is 12.4 Å². The second-order valence-corrected chi connectivity index (χ2v) is 5.48. The van der Waals surface area contributed by atoms with Gasteiger partial charge in [-0.2, -0.15) is 0 Å². The summed E-state index contributed by atoms with van der Waals surface area (Å²) >= 11 is 1.14. The molecule has 110 valence electrons. The van der Waals surface area contributed by atoms with Crippen molar-refractivity contribution in [3.8, 4) is 5.69 Å². The van der Waals surface area contributed by atoms with E-state index in [0.717, 1.165) is 11.8 Å². The lowest BCUT2D eigenvalue weighted by molar-refractivity contribution is -0.119. The molecule has 1 aromatic heterocycles. The molecule has 1 atom stereocenters. The number of nitrogens with zero attached hydrogens (tertiary/aromatic N) is 2. The van der Waals surface area contributed by atoms with Crippen molar-refractivity contribution in [2.24, 2.45) is 5.73 Å². The van der Waals surface area contributed by atoms with E-state index in [-0.39, 0.29) is 5.82 Å². The van der Waals surface area contributed by atoms with E-state index in [2.05, 4.69) is 4.98 Å². The average molecular weight is 308 g/mol. The van der Waals surface area contributed by atoms with E-state index in [0.29, 0.717) is 10.8 Å². The lowest BCUT2D eigenvalue weighted by Gasteiger charge is -2.11. The summed E-state index contributed by atoms with van der Waals surface area (Å²) in [7, 11) is 0. The predicted molar refractivity (Wildman–Crippen MR) is 76.6 cm³/mol. The molecule has 0 saturated heterocycles. The van der Waals surface area contributed by atoms with Crippen LogP contribution in [0, 0.1) is 5.82 Å². The number of imide groups is 1. The van der Waals surface area contributed by atoms with Crippen molar-refractivity contribution in [3.05, 3.63) is 42.5 Å². The molecule has 0 radical (unpaired) electrons. The first-order valence-electron chi connectivity index (χ1n) is 6.03. The first kappa shape index (κ1) is 15.0. The molecule has 0 fully saturated rings. The molecule has 1 aromatic carbocycles. The third-order valence-electron chi connectivity index (χ3n) is 2.59. The highest BCUT2D eigenvalue weighted by Gasteiger charge is 2.18. The van der Waals surface area contributed by atoms with E-state index in [1.165, 1.54) is 12.1 Å². The lowest BCUT2D eigenvalue weighted by atomic mass is 10.3. The van der Waals surface area contributed by atoms with Gasteiger partial charge in [-0.25, -0.2) is 14.2 Å². The molecular weight excluding hydrogens is 295 g/mol. The number of thioether (sulfide) groups is 1. The van der Waals surface area contributed by atoms with Crippen LogP contribution in [0.4, 0.5) is 9.18 Å². The molecule has 0 unspecified atom stereocenters. The van der Waals surface area contributed by atoms with Gasteiger partial charge in [-0.1, -0.05) is 17.8 Å². The van der Waals surface area contributed by atoms with Gasteiger partial charge in [0.2, 0.25) is 5.91 Å². The number of urea groups is 1. The average Bonchev–Trinajstić information content (AvgIpc) is 2.86. The molecule has 0 saturated carbocycles. The predicted octanol–water partition coefficient (Wildman–Crippen LogP) is 1.69. The van der Waals surface area contributed by atoms with Crippen LogP contribution in [0.25, 0.3) is 5.69 Å². The van der Waals surface area contributed by atoms with Gasteiger partial charge in [0.1, 0.15) is 5.82 Å². The Morgan fingerprint density at radius 2 is 2.24 bits per heavy atom. The summed E-state index contributed by atoms with van der Waals surface area (Å²) in [5.74, 6) is -0.877. The van der Waals surface area contributed by atoms with Gasteiger partial charge in [0.15, 0.2) is 5.16 Å². The summed E-state index contributed by atoms with van der Waals surface area (Å²) in [4.78, 5) is 26.4. The number of amides is 3. The summed E-state index contributed by atoms with van der Waals surface area (Å²) in [6, 6.07) is 5.11. The maximum Gasteiger partial charge on any atom is 0.318 e. The number of hydrogen-bond donors (Lipinski definition) is 2. The van der Waals surface area contributed by atoms with Gasteiger partial charge >= 0.3 is 6.03 Å². The molecule has 8 heteroatoms. The Hall–Kier alpha value is -2.35. The van der Waals surface area contributed by atoms with E-state index >= 15 is 0 Å². The van der Waals surface area contributed by atoms with Gasteiger partial charge in [-0.05, 0) is 25.1 Å². The summed E-state index contributed by atoms with van der Waals surface area (Å²) in [5.41, 5.74) is 5.49. The number of carbonyl (C=O) groups excluding carboxylic acids is 2. The molecule has 6 nitrogen and oxygen atoms in total. The minimum Gasteiger partial charge on any atom is -0.351 e. The number of nitrogens with two attached hydrogens (primary N) is 1. The number of primary amides is 1. The third-order valence-corrected chi connectivity index (χ3v) is 3.67. The smallest absolute Gasteiger partial charge is 0.318 e. The molecule has 21 heavy (non-hydrogen) atoms. The Morgan fingerprint density at radius 3 is 2.90 bits per heavy atom. The quantitative estimate of drug-likeness (QED) is 0.841. The SMILES string of the molecule is C[C@H](Sc1nccn1-c1cccc(F)c1)C(=O)NC(N)=O. The summed E-state index contributed by atoms with van der Waals surface area (Å²) in [6.07, 6.45) is 3.21. The first-order chi connectivity index (χ1) is 9.97. The Bertz CT molecular complexity index is 674. The highest BCUT2D eigenvalue weighted by atomic mass is 32.2. The second kappa shape index (κ2) is 6.40. The van der Waals surface area contributed by atoms with Crippen molar-refractivity contribution in [3.63, 3.8) is 0 Å². The minimum atomic E-state index is -0.902. The van der Waals surface area contributed by atoms with E-state index in [9.17, 15) is 14.0 Å².